The van der Waals surface area contributed by atoms with Gasteiger partial charge in [0.2, 0.25) is 0 Å². The summed E-state index contributed by atoms with van der Waals surface area (Å²) in [7, 11) is 0. The SMILES string of the molecule is Cc1ccc(-c2nn(-c3ccc([N+](=O)[O-])cc3[N+](=O)[O-])cc2C2NNC(=S)N2)cc1. The highest BCUT2D eigenvalue weighted by molar-refractivity contribution is 7.80. The molecule has 4 rings (SSSR count). The quantitative estimate of drug-likeness (QED) is 0.320. The van der Waals surface area contributed by atoms with Crippen LogP contribution in [0.25, 0.3) is 16.9 Å². The molecule has 0 bridgehead atoms. The lowest BCUT2D eigenvalue weighted by Crippen LogP contribution is -2.26. The number of thiocarbonyl (C=S) groups is 1. The van der Waals surface area contributed by atoms with Crippen molar-refractivity contribution in [3.05, 3.63) is 80.0 Å². The van der Waals surface area contributed by atoms with Gasteiger partial charge in [-0.25, -0.2) is 10.1 Å². The van der Waals surface area contributed by atoms with E-state index >= 15 is 0 Å². The number of nitrogens with zero attached hydrogens (tertiary/aromatic N) is 4. The first-order valence-corrected chi connectivity index (χ1v) is 9.16. The third-order valence-electron chi connectivity index (χ3n) is 4.60. The Kier molecular flexibility index (Phi) is 4.85. The molecule has 1 aromatic heterocycles. The van der Waals surface area contributed by atoms with Gasteiger partial charge in [0, 0.05) is 23.4 Å². The molecule has 12 heteroatoms. The molecule has 3 aromatic rings. The molecule has 1 atom stereocenters. The van der Waals surface area contributed by atoms with Gasteiger partial charge < -0.3 is 5.32 Å². The van der Waals surface area contributed by atoms with E-state index in [0.717, 1.165) is 17.2 Å². The van der Waals surface area contributed by atoms with Crippen molar-refractivity contribution in [3.63, 3.8) is 0 Å². The smallest absolute Gasteiger partial charge is 0.301 e. The number of benzene rings is 2. The molecule has 2 heterocycles. The molecule has 0 radical (unpaired) electrons. The average Bonchev–Trinajstić information content (AvgIpc) is 3.34. The van der Waals surface area contributed by atoms with Crippen LogP contribution in [-0.2, 0) is 0 Å². The molecule has 1 aliphatic heterocycles. The minimum Gasteiger partial charge on any atom is -0.341 e. The van der Waals surface area contributed by atoms with E-state index in [2.05, 4.69) is 21.3 Å². The highest BCUT2D eigenvalue weighted by Crippen LogP contribution is 2.32. The molecule has 1 fully saturated rings. The molecule has 2 aromatic carbocycles. The second kappa shape index (κ2) is 7.50. The number of non-ortho nitro benzene ring substituents is 1. The third-order valence-corrected chi connectivity index (χ3v) is 4.82. The minimum absolute atomic E-state index is 0.110. The molecule has 1 unspecified atom stereocenters. The standard InChI is InChI=1S/C18H15N7O4S/c1-10-2-4-11(5-3-10)16-13(17-19-18(30)21-20-17)9-23(22-16)14-7-6-12(24(26)27)8-15(14)25(28)29/h2-9,17,20H,1H3,(H2,19,21,30). The van der Waals surface area contributed by atoms with Crippen LogP contribution in [0.1, 0.15) is 17.3 Å². The molecule has 0 spiro atoms. The summed E-state index contributed by atoms with van der Waals surface area (Å²) in [5.41, 5.74) is 8.27. The first kappa shape index (κ1) is 19.4. The van der Waals surface area contributed by atoms with E-state index in [1.54, 1.807) is 6.20 Å². The fraction of sp³-hybridized carbons (Fsp3) is 0.111. The van der Waals surface area contributed by atoms with Crippen LogP contribution in [0.4, 0.5) is 11.4 Å². The molecule has 0 amide bonds. The summed E-state index contributed by atoms with van der Waals surface area (Å²) in [6.45, 7) is 1.96. The van der Waals surface area contributed by atoms with Gasteiger partial charge in [0.25, 0.3) is 5.69 Å². The molecule has 1 aliphatic rings. The summed E-state index contributed by atoms with van der Waals surface area (Å²) in [6, 6.07) is 11.1. The number of nitrogens with one attached hydrogen (secondary N) is 3. The number of nitro benzene ring substituents is 2. The lowest BCUT2D eigenvalue weighted by atomic mass is 10.1. The molecule has 152 valence electrons. The second-order valence-electron chi connectivity index (χ2n) is 6.61. The van der Waals surface area contributed by atoms with Crippen molar-refractivity contribution in [1.29, 1.82) is 0 Å². The molecule has 30 heavy (non-hydrogen) atoms. The Hall–Kier alpha value is -3.90. The Balaban J connectivity index is 1.87. The number of aryl methyl sites for hydroxylation is 1. The van der Waals surface area contributed by atoms with Crippen molar-refractivity contribution in [2.45, 2.75) is 13.1 Å². The van der Waals surface area contributed by atoms with E-state index < -0.39 is 21.7 Å². The van der Waals surface area contributed by atoms with Crippen molar-refractivity contribution >= 4 is 28.7 Å². The normalized spacial score (nSPS) is 15.5. The van der Waals surface area contributed by atoms with Gasteiger partial charge in [0.15, 0.2) is 5.11 Å². The number of rotatable bonds is 5. The zero-order valence-corrected chi connectivity index (χ0v) is 16.3. The summed E-state index contributed by atoms with van der Waals surface area (Å²) < 4.78 is 1.34. The topological polar surface area (TPSA) is 140 Å². The van der Waals surface area contributed by atoms with Crippen molar-refractivity contribution in [1.82, 2.24) is 25.9 Å². The van der Waals surface area contributed by atoms with E-state index in [1.807, 2.05) is 31.2 Å². The van der Waals surface area contributed by atoms with Gasteiger partial charge in [-0.3, -0.25) is 25.7 Å². The Labute approximate surface area is 175 Å². The van der Waals surface area contributed by atoms with Gasteiger partial charge in [0.05, 0.1) is 21.6 Å². The number of nitro groups is 2. The Morgan fingerprint density at radius 3 is 2.43 bits per heavy atom. The van der Waals surface area contributed by atoms with Gasteiger partial charge in [0.1, 0.15) is 11.9 Å². The number of hydrogen-bond acceptors (Lipinski definition) is 7. The summed E-state index contributed by atoms with van der Waals surface area (Å²) in [5, 5.41) is 30.6. The molecule has 11 nitrogen and oxygen atoms in total. The molecule has 0 saturated carbocycles. The lowest BCUT2D eigenvalue weighted by Gasteiger charge is -2.09. The van der Waals surface area contributed by atoms with Crippen LogP contribution in [-0.4, -0.2) is 24.7 Å². The molecule has 0 aliphatic carbocycles. The first-order chi connectivity index (χ1) is 14.3. The maximum Gasteiger partial charge on any atom is 0.301 e. The molecule has 3 N–H and O–H groups in total. The van der Waals surface area contributed by atoms with E-state index in [-0.39, 0.29) is 11.4 Å². The maximum absolute atomic E-state index is 11.6. The summed E-state index contributed by atoms with van der Waals surface area (Å²) in [6.07, 6.45) is 1.21. The fourth-order valence-corrected chi connectivity index (χ4v) is 3.30. The zero-order chi connectivity index (χ0) is 21.4. The van der Waals surface area contributed by atoms with Crippen molar-refractivity contribution in [2.24, 2.45) is 0 Å². The highest BCUT2D eigenvalue weighted by Gasteiger charge is 2.27. The van der Waals surface area contributed by atoms with Crippen molar-refractivity contribution < 1.29 is 9.85 Å². The van der Waals surface area contributed by atoms with Gasteiger partial charge in [-0.1, -0.05) is 29.8 Å². The fourth-order valence-electron chi connectivity index (χ4n) is 3.12. The monoisotopic (exact) mass is 425 g/mol. The molecular formula is C18H15N7O4S. The van der Waals surface area contributed by atoms with Crippen molar-refractivity contribution in [2.75, 3.05) is 0 Å². The van der Waals surface area contributed by atoms with Crippen molar-refractivity contribution in [3.8, 4) is 16.9 Å². The van der Waals surface area contributed by atoms with Gasteiger partial charge in [-0.05, 0) is 25.2 Å². The molecular weight excluding hydrogens is 410 g/mol. The third kappa shape index (κ3) is 3.56. The summed E-state index contributed by atoms with van der Waals surface area (Å²) >= 11 is 5.10. The largest absolute Gasteiger partial charge is 0.341 e. The van der Waals surface area contributed by atoms with Crippen LogP contribution >= 0.6 is 12.2 Å². The van der Waals surface area contributed by atoms with Crippen LogP contribution in [0.15, 0.2) is 48.7 Å². The Morgan fingerprint density at radius 1 is 1.10 bits per heavy atom. The van der Waals surface area contributed by atoms with E-state index in [4.69, 9.17) is 12.2 Å². The number of hydrogen-bond donors (Lipinski definition) is 3. The Morgan fingerprint density at radius 2 is 1.83 bits per heavy atom. The van der Waals surface area contributed by atoms with Gasteiger partial charge >= 0.3 is 5.69 Å². The van der Waals surface area contributed by atoms with Gasteiger partial charge in [-0.15, -0.1) is 0 Å². The van der Waals surface area contributed by atoms with Crippen LogP contribution in [0, 0.1) is 27.2 Å². The predicted molar refractivity (Wildman–Crippen MR) is 112 cm³/mol. The van der Waals surface area contributed by atoms with Crippen LogP contribution in [0.3, 0.4) is 0 Å². The van der Waals surface area contributed by atoms with E-state index in [9.17, 15) is 20.2 Å². The highest BCUT2D eigenvalue weighted by atomic mass is 32.1. The average molecular weight is 425 g/mol. The predicted octanol–water partition coefficient (Wildman–Crippen LogP) is 2.65. The van der Waals surface area contributed by atoms with Crippen LogP contribution in [0.5, 0.6) is 0 Å². The second-order valence-corrected chi connectivity index (χ2v) is 7.01. The minimum atomic E-state index is -0.679. The van der Waals surface area contributed by atoms with E-state index in [0.29, 0.717) is 16.4 Å². The zero-order valence-electron chi connectivity index (χ0n) is 15.5. The van der Waals surface area contributed by atoms with E-state index in [1.165, 1.54) is 16.8 Å². The summed E-state index contributed by atoms with van der Waals surface area (Å²) in [4.78, 5) is 21.2. The van der Waals surface area contributed by atoms with Gasteiger partial charge in [-0.2, -0.15) is 5.10 Å². The number of hydrazine groups is 1. The number of aromatic nitrogens is 2. The lowest BCUT2D eigenvalue weighted by molar-refractivity contribution is -0.394. The molecule has 1 saturated heterocycles. The Bertz CT molecular complexity index is 1180. The summed E-state index contributed by atoms with van der Waals surface area (Å²) in [5.74, 6) is 0. The maximum atomic E-state index is 11.6. The van der Waals surface area contributed by atoms with Crippen LogP contribution in [0.2, 0.25) is 0 Å². The first-order valence-electron chi connectivity index (χ1n) is 8.75. The van der Waals surface area contributed by atoms with Crippen LogP contribution < -0.4 is 16.2 Å².